The molecule has 2 fully saturated rings. The van der Waals surface area contributed by atoms with Crippen molar-refractivity contribution in [1.29, 1.82) is 0 Å². The fourth-order valence-electron chi connectivity index (χ4n) is 6.83. The first-order valence-electron chi connectivity index (χ1n) is 16.1. The van der Waals surface area contributed by atoms with Crippen LogP contribution in [-0.4, -0.2) is 73.7 Å². The number of nitrogens with one attached hydrogen (secondary N) is 1. The van der Waals surface area contributed by atoms with Gasteiger partial charge in [-0.05, 0) is 73.7 Å². The van der Waals surface area contributed by atoms with Crippen LogP contribution < -0.4 is 20.0 Å². The molecule has 0 aliphatic carbocycles. The van der Waals surface area contributed by atoms with Crippen LogP contribution in [0, 0.1) is 6.92 Å². The highest BCUT2D eigenvalue weighted by Crippen LogP contribution is 2.32. The predicted molar refractivity (Wildman–Crippen MR) is 179 cm³/mol. The molecule has 5 heterocycles. The number of nitrogens with zero attached hydrogens (tertiary/aromatic N) is 5. The van der Waals surface area contributed by atoms with Gasteiger partial charge in [-0.3, -0.25) is 9.59 Å². The van der Waals surface area contributed by atoms with E-state index >= 15 is 0 Å². The van der Waals surface area contributed by atoms with E-state index in [-0.39, 0.29) is 0 Å². The van der Waals surface area contributed by atoms with Gasteiger partial charge >= 0.3 is 0 Å². The topological polar surface area (TPSA) is 82.9 Å². The molecular formula is C36H40N6O3. The highest BCUT2D eigenvalue weighted by molar-refractivity contribution is 6.47. The molecule has 3 aliphatic rings. The Morgan fingerprint density at radius 1 is 0.778 bits per heavy atom. The zero-order valence-electron chi connectivity index (χ0n) is 25.9. The molecule has 0 spiro atoms. The fourth-order valence-corrected chi connectivity index (χ4v) is 6.83. The zero-order chi connectivity index (χ0) is 30.8. The molecule has 2 saturated heterocycles. The molecule has 0 atom stereocenters. The molecule has 9 heteroatoms. The number of carbonyl (C=O) groups is 2. The molecule has 45 heavy (non-hydrogen) atoms. The summed E-state index contributed by atoms with van der Waals surface area (Å²) in [7, 11) is 0. The van der Waals surface area contributed by atoms with Crippen molar-refractivity contribution < 1.29 is 14.3 Å². The van der Waals surface area contributed by atoms with E-state index in [4.69, 9.17) is 9.72 Å². The molecule has 1 N–H and O–H groups in total. The molecule has 4 aromatic rings. The van der Waals surface area contributed by atoms with Crippen LogP contribution in [0.25, 0.3) is 11.1 Å². The van der Waals surface area contributed by atoms with Gasteiger partial charge in [0.15, 0.2) is 0 Å². The number of aryl methyl sites for hydroxylation is 2. The monoisotopic (exact) mass is 604 g/mol. The number of morpholine rings is 1. The van der Waals surface area contributed by atoms with Crippen molar-refractivity contribution in [2.45, 2.75) is 32.7 Å². The molecule has 0 saturated carbocycles. The molecule has 3 aliphatic heterocycles. The maximum Gasteiger partial charge on any atom is 0.298 e. The van der Waals surface area contributed by atoms with Crippen LogP contribution in [0.2, 0.25) is 0 Å². The summed E-state index contributed by atoms with van der Waals surface area (Å²) < 4.78 is 7.54. The van der Waals surface area contributed by atoms with Gasteiger partial charge in [0, 0.05) is 68.4 Å². The number of aromatic nitrogens is 2. The van der Waals surface area contributed by atoms with Crippen molar-refractivity contribution in [2.24, 2.45) is 0 Å². The number of piperazine rings is 1. The Kier molecular flexibility index (Phi) is 8.26. The number of rotatable bonds is 7. The van der Waals surface area contributed by atoms with Crippen molar-refractivity contribution in [3.8, 4) is 11.1 Å². The molecule has 2 aromatic carbocycles. The summed E-state index contributed by atoms with van der Waals surface area (Å²) in [4.78, 5) is 38.8. The number of carbonyl (C=O) groups excluding carboxylic acids is 2. The zero-order valence-corrected chi connectivity index (χ0v) is 25.9. The summed E-state index contributed by atoms with van der Waals surface area (Å²) in [6, 6.07) is 22.0. The smallest absolute Gasteiger partial charge is 0.298 e. The third-order valence-corrected chi connectivity index (χ3v) is 9.24. The van der Waals surface area contributed by atoms with Gasteiger partial charge in [-0.15, -0.1) is 0 Å². The second-order valence-electron chi connectivity index (χ2n) is 12.1. The largest absolute Gasteiger partial charge is 0.378 e. The third-order valence-electron chi connectivity index (χ3n) is 9.24. The minimum absolute atomic E-state index is 0.489. The minimum atomic E-state index is -0.609. The van der Waals surface area contributed by atoms with Gasteiger partial charge < -0.3 is 29.3 Å². The van der Waals surface area contributed by atoms with E-state index in [1.807, 2.05) is 65.4 Å². The molecule has 0 unspecified atom stereocenters. The van der Waals surface area contributed by atoms with Gasteiger partial charge in [0.1, 0.15) is 11.5 Å². The molecule has 0 radical (unpaired) electrons. The second-order valence-corrected chi connectivity index (χ2v) is 12.1. The summed E-state index contributed by atoms with van der Waals surface area (Å²) in [5.41, 5.74) is 7.47. The van der Waals surface area contributed by atoms with E-state index in [9.17, 15) is 9.59 Å². The second kappa shape index (κ2) is 12.8. The van der Waals surface area contributed by atoms with Crippen LogP contribution in [0.4, 0.5) is 22.9 Å². The van der Waals surface area contributed by atoms with Crippen molar-refractivity contribution in [2.75, 3.05) is 72.5 Å². The number of hydrogen-bond acceptors (Lipinski definition) is 7. The quantitative estimate of drug-likeness (QED) is 0.230. The van der Waals surface area contributed by atoms with Crippen LogP contribution in [0.1, 0.15) is 34.6 Å². The molecule has 232 valence electrons. The van der Waals surface area contributed by atoms with E-state index in [1.165, 1.54) is 5.56 Å². The van der Waals surface area contributed by atoms with Crippen molar-refractivity contribution >= 4 is 34.6 Å². The van der Waals surface area contributed by atoms with E-state index in [0.29, 0.717) is 11.4 Å². The van der Waals surface area contributed by atoms with Crippen LogP contribution in [-0.2, 0) is 22.5 Å². The van der Waals surface area contributed by atoms with Gasteiger partial charge in [0.05, 0.1) is 25.1 Å². The van der Waals surface area contributed by atoms with Crippen LogP contribution in [0.5, 0.6) is 0 Å². The highest BCUT2D eigenvalue weighted by atomic mass is 16.5. The van der Waals surface area contributed by atoms with Crippen LogP contribution in [0.15, 0.2) is 72.9 Å². The molecule has 9 nitrogen and oxygen atoms in total. The van der Waals surface area contributed by atoms with E-state index in [1.54, 1.807) is 0 Å². The summed E-state index contributed by atoms with van der Waals surface area (Å²) in [5, 5.41) is 2.86. The Bertz CT molecular complexity index is 1670. The Labute approximate surface area is 264 Å². The van der Waals surface area contributed by atoms with Crippen molar-refractivity contribution in [3.63, 3.8) is 0 Å². The Hall–Kier alpha value is -4.63. The summed E-state index contributed by atoms with van der Waals surface area (Å²) in [5.74, 6) is -0.0549. The van der Waals surface area contributed by atoms with E-state index in [2.05, 4.69) is 39.1 Å². The maximum atomic E-state index is 13.6. The van der Waals surface area contributed by atoms with Crippen molar-refractivity contribution in [3.05, 3.63) is 89.9 Å². The van der Waals surface area contributed by atoms with Gasteiger partial charge in [0.2, 0.25) is 0 Å². The number of anilines is 4. The predicted octanol–water partition coefficient (Wildman–Crippen LogP) is 5.18. The highest BCUT2D eigenvalue weighted by Gasteiger charge is 2.28. The number of ether oxygens (including phenoxy) is 1. The molecular weight excluding hydrogens is 564 g/mol. The van der Waals surface area contributed by atoms with E-state index in [0.717, 1.165) is 112 Å². The third kappa shape index (κ3) is 6.04. The van der Waals surface area contributed by atoms with Gasteiger partial charge in [-0.25, -0.2) is 4.98 Å². The molecule has 0 bridgehead atoms. The fraction of sp³-hybridized carbons (Fsp3) is 0.361. The Morgan fingerprint density at radius 2 is 1.49 bits per heavy atom. The number of fused-ring (bicyclic) bond motifs is 1. The standard InChI is InChI=1S/C36H40N6O3/c1-26-23-31(40-19-21-45-22-20-40)25-37-35(26)41-17-15-39(16-18-41)29-12-10-28(11-13-29)38-36(44)34(43)33-32(27-7-3-2-4-8-27)24-30-9-5-6-14-42(30)33/h2-4,7-8,10-13,23-25H,5-6,9,14-22H2,1H3,(H,38,44). The van der Waals surface area contributed by atoms with Crippen LogP contribution >= 0.6 is 0 Å². The van der Waals surface area contributed by atoms with Gasteiger partial charge in [-0.2, -0.15) is 0 Å². The number of ketones is 1. The first-order valence-corrected chi connectivity index (χ1v) is 16.1. The average Bonchev–Trinajstić information content (AvgIpc) is 3.49. The van der Waals surface area contributed by atoms with Gasteiger partial charge in [0.25, 0.3) is 11.7 Å². The Morgan fingerprint density at radius 3 is 2.22 bits per heavy atom. The summed E-state index contributed by atoms with van der Waals surface area (Å²) in [6.07, 6.45) is 5.01. The lowest BCUT2D eigenvalue weighted by Gasteiger charge is -2.37. The molecule has 2 aromatic heterocycles. The van der Waals surface area contributed by atoms with Gasteiger partial charge in [-0.1, -0.05) is 30.3 Å². The van der Waals surface area contributed by atoms with E-state index < -0.39 is 11.7 Å². The van der Waals surface area contributed by atoms with Crippen LogP contribution in [0.3, 0.4) is 0 Å². The van der Waals surface area contributed by atoms with Crippen molar-refractivity contribution in [1.82, 2.24) is 9.55 Å². The number of benzene rings is 2. The molecule has 7 rings (SSSR count). The maximum absolute atomic E-state index is 13.6. The lowest BCUT2D eigenvalue weighted by atomic mass is 10.0. The Balaban J connectivity index is 0.985. The average molecular weight is 605 g/mol. The first kappa shape index (κ1) is 29.1. The normalized spacial score (nSPS) is 16.8. The number of amides is 1. The lowest BCUT2D eigenvalue weighted by Crippen LogP contribution is -2.47. The number of Topliss-reactive ketones (excluding diaryl/α,β-unsaturated/α-hetero) is 1. The lowest BCUT2D eigenvalue weighted by molar-refractivity contribution is -0.112. The summed E-state index contributed by atoms with van der Waals surface area (Å²) in [6.45, 7) is 9.74. The number of hydrogen-bond donors (Lipinski definition) is 1. The first-order chi connectivity index (χ1) is 22.0. The number of pyridine rings is 1. The molecule has 1 amide bonds. The SMILES string of the molecule is Cc1cc(N2CCOCC2)cnc1N1CCN(c2ccc(NC(=O)C(=O)c3c(-c4ccccc4)cc4n3CCCC4)cc2)CC1. The minimum Gasteiger partial charge on any atom is -0.378 e. The summed E-state index contributed by atoms with van der Waals surface area (Å²) >= 11 is 0.